The normalized spacial score (nSPS) is 20.1. The lowest BCUT2D eigenvalue weighted by Crippen LogP contribution is -2.53. The van der Waals surface area contributed by atoms with E-state index in [2.05, 4.69) is 46.0 Å². The maximum atomic E-state index is 4.94. The molecule has 0 atom stereocenters. The molecule has 5 nitrogen and oxygen atoms in total. The summed E-state index contributed by atoms with van der Waals surface area (Å²) in [5.41, 5.74) is 2.50. The molecule has 0 amide bonds. The van der Waals surface area contributed by atoms with Crippen molar-refractivity contribution in [1.29, 1.82) is 0 Å². The number of thioether (sulfide) groups is 1. The lowest BCUT2D eigenvalue weighted by Gasteiger charge is -2.45. The zero-order chi connectivity index (χ0) is 17.5. The second-order valence-corrected chi connectivity index (χ2v) is 8.94. The Hall–Kier alpha value is -0.440. The molecule has 1 spiro atoms. The Balaban J connectivity index is 0.00000243. The molecule has 1 saturated heterocycles. The van der Waals surface area contributed by atoms with Crippen molar-refractivity contribution in [2.45, 2.75) is 63.5 Å². The van der Waals surface area contributed by atoms with E-state index in [1.807, 2.05) is 6.20 Å². The summed E-state index contributed by atoms with van der Waals surface area (Å²) in [6.45, 7) is 8.37. The SMILES string of the molecule is CCNC(=NCCCc1cn[nH]c1C)N1CCSC2(CCCCC2)C1.I. The Morgan fingerprint density at radius 2 is 2.19 bits per heavy atom. The van der Waals surface area contributed by atoms with Crippen LogP contribution < -0.4 is 5.32 Å². The lowest BCUT2D eigenvalue weighted by molar-refractivity contribution is 0.293. The number of halogens is 1. The van der Waals surface area contributed by atoms with Gasteiger partial charge in [-0.15, -0.1) is 24.0 Å². The molecular formula is C19H34IN5S. The average Bonchev–Trinajstić information content (AvgIpc) is 3.03. The monoisotopic (exact) mass is 491 g/mol. The highest BCUT2D eigenvalue weighted by atomic mass is 127. The molecule has 1 aliphatic carbocycles. The third-order valence-electron chi connectivity index (χ3n) is 5.45. The molecule has 0 bridgehead atoms. The van der Waals surface area contributed by atoms with Gasteiger partial charge in [0.25, 0.3) is 0 Å². The largest absolute Gasteiger partial charge is 0.357 e. The van der Waals surface area contributed by atoms with Gasteiger partial charge in [-0.3, -0.25) is 10.1 Å². The molecule has 0 radical (unpaired) electrons. The number of aliphatic imine (C=N–C) groups is 1. The molecular weight excluding hydrogens is 457 g/mol. The van der Waals surface area contributed by atoms with Gasteiger partial charge >= 0.3 is 0 Å². The zero-order valence-corrected chi connectivity index (χ0v) is 19.4. The fourth-order valence-electron chi connectivity index (χ4n) is 4.03. The summed E-state index contributed by atoms with van der Waals surface area (Å²) in [5.74, 6) is 2.36. The van der Waals surface area contributed by atoms with E-state index < -0.39 is 0 Å². The van der Waals surface area contributed by atoms with Crippen LogP contribution >= 0.6 is 35.7 Å². The molecule has 0 unspecified atom stereocenters. The average molecular weight is 491 g/mol. The lowest BCUT2D eigenvalue weighted by atomic mass is 9.87. The molecule has 1 aromatic heterocycles. The van der Waals surface area contributed by atoms with Crippen molar-refractivity contribution in [2.75, 3.05) is 31.9 Å². The minimum absolute atomic E-state index is 0. The topological polar surface area (TPSA) is 56.3 Å². The zero-order valence-electron chi connectivity index (χ0n) is 16.2. The van der Waals surface area contributed by atoms with E-state index in [0.717, 1.165) is 38.4 Å². The van der Waals surface area contributed by atoms with E-state index in [1.54, 1.807) is 0 Å². The van der Waals surface area contributed by atoms with Crippen LogP contribution in [0.25, 0.3) is 0 Å². The number of aromatic nitrogens is 2. The third kappa shape index (κ3) is 5.78. The molecule has 1 saturated carbocycles. The molecule has 2 aliphatic rings. The summed E-state index contributed by atoms with van der Waals surface area (Å²) in [7, 11) is 0. The standard InChI is InChI=1S/C19H33N5S.HI/c1-3-20-18(21-11-7-8-17-14-22-23-16(17)2)24-12-13-25-19(15-24)9-5-4-6-10-19;/h14H,3-13,15H2,1-2H3,(H,20,21)(H,22,23);1H. The Labute approximate surface area is 179 Å². The Morgan fingerprint density at radius 1 is 1.38 bits per heavy atom. The Bertz CT molecular complexity index is 563. The number of aryl methyl sites for hydroxylation is 2. The molecule has 7 heteroatoms. The highest BCUT2D eigenvalue weighted by Crippen LogP contribution is 2.42. The van der Waals surface area contributed by atoms with Crippen LogP contribution in [0, 0.1) is 6.92 Å². The van der Waals surface area contributed by atoms with Gasteiger partial charge in [0.15, 0.2) is 5.96 Å². The number of guanidine groups is 1. The van der Waals surface area contributed by atoms with Crippen LogP contribution in [0.3, 0.4) is 0 Å². The van der Waals surface area contributed by atoms with Gasteiger partial charge in [0.1, 0.15) is 0 Å². The van der Waals surface area contributed by atoms with Crippen molar-refractivity contribution in [3.05, 3.63) is 17.5 Å². The van der Waals surface area contributed by atoms with Crippen molar-refractivity contribution < 1.29 is 0 Å². The van der Waals surface area contributed by atoms with Gasteiger partial charge in [-0.1, -0.05) is 19.3 Å². The molecule has 26 heavy (non-hydrogen) atoms. The van der Waals surface area contributed by atoms with Crippen LogP contribution in [0.5, 0.6) is 0 Å². The number of nitrogens with zero attached hydrogens (tertiary/aromatic N) is 3. The number of rotatable bonds is 5. The van der Waals surface area contributed by atoms with Crippen LogP contribution in [-0.4, -0.2) is 57.7 Å². The smallest absolute Gasteiger partial charge is 0.193 e. The first-order valence-electron chi connectivity index (χ1n) is 9.88. The maximum Gasteiger partial charge on any atom is 0.193 e. The highest BCUT2D eigenvalue weighted by Gasteiger charge is 2.38. The molecule has 2 fully saturated rings. The first-order valence-corrected chi connectivity index (χ1v) is 10.9. The maximum absolute atomic E-state index is 4.94. The quantitative estimate of drug-likeness (QED) is 0.283. The minimum Gasteiger partial charge on any atom is -0.357 e. The summed E-state index contributed by atoms with van der Waals surface area (Å²) < 4.78 is 0.487. The molecule has 3 rings (SSSR count). The summed E-state index contributed by atoms with van der Waals surface area (Å²) in [6, 6.07) is 0. The summed E-state index contributed by atoms with van der Waals surface area (Å²) in [5, 5.41) is 10.6. The van der Waals surface area contributed by atoms with Crippen molar-refractivity contribution in [2.24, 2.45) is 4.99 Å². The molecule has 2 N–H and O–H groups in total. The highest BCUT2D eigenvalue weighted by molar-refractivity contribution is 14.0. The van der Waals surface area contributed by atoms with Crippen molar-refractivity contribution in [1.82, 2.24) is 20.4 Å². The fourth-order valence-corrected chi connectivity index (χ4v) is 5.60. The van der Waals surface area contributed by atoms with Crippen LogP contribution in [0.1, 0.15) is 56.7 Å². The van der Waals surface area contributed by atoms with Crippen LogP contribution in [-0.2, 0) is 6.42 Å². The van der Waals surface area contributed by atoms with Gasteiger partial charge in [0.2, 0.25) is 0 Å². The van der Waals surface area contributed by atoms with Gasteiger partial charge in [0, 0.05) is 42.4 Å². The van der Waals surface area contributed by atoms with Crippen LogP contribution in [0.4, 0.5) is 0 Å². The number of nitrogens with one attached hydrogen (secondary N) is 2. The van der Waals surface area contributed by atoms with Gasteiger partial charge in [-0.25, -0.2) is 0 Å². The van der Waals surface area contributed by atoms with E-state index in [9.17, 15) is 0 Å². The van der Waals surface area contributed by atoms with Gasteiger partial charge < -0.3 is 10.2 Å². The van der Waals surface area contributed by atoms with Gasteiger partial charge in [-0.2, -0.15) is 16.9 Å². The fraction of sp³-hybridized carbons (Fsp3) is 0.789. The van der Waals surface area contributed by atoms with E-state index in [4.69, 9.17) is 4.99 Å². The number of hydrogen-bond donors (Lipinski definition) is 2. The molecule has 1 aromatic rings. The number of H-pyrrole nitrogens is 1. The predicted octanol–water partition coefficient (Wildman–Crippen LogP) is 3.99. The van der Waals surface area contributed by atoms with E-state index in [1.165, 1.54) is 55.7 Å². The Kier molecular flexibility index (Phi) is 9.06. The van der Waals surface area contributed by atoms with Crippen molar-refractivity contribution in [3.8, 4) is 0 Å². The Morgan fingerprint density at radius 3 is 2.88 bits per heavy atom. The van der Waals surface area contributed by atoms with E-state index in [0.29, 0.717) is 4.75 Å². The van der Waals surface area contributed by atoms with Gasteiger partial charge in [0.05, 0.1) is 6.20 Å². The second-order valence-electron chi connectivity index (χ2n) is 7.37. The molecule has 2 heterocycles. The summed E-state index contributed by atoms with van der Waals surface area (Å²) in [4.78, 5) is 7.46. The predicted molar refractivity (Wildman–Crippen MR) is 123 cm³/mol. The summed E-state index contributed by atoms with van der Waals surface area (Å²) >= 11 is 2.22. The van der Waals surface area contributed by atoms with Gasteiger partial charge in [-0.05, 0) is 45.1 Å². The first-order chi connectivity index (χ1) is 12.2. The number of aromatic amines is 1. The molecule has 148 valence electrons. The first kappa shape index (κ1) is 21.9. The molecule has 1 aliphatic heterocycles. The number of hydrogen-bond acceptors (Lipinski definition) is 3. The van der Waals surface area contributed by atoms with E-state index in [-0.39, 0.29) is 24.0 Å². The third-order valence-corrected chi connectivity index (χ3v) is 6.98. The van der Waals surface area contributed by atoms with Crippen molar-refractivity contribution >= 4 is 41.7 Å². The summed E-state index contributed by atoms with van der Waals surface area (Å²) in [6.07, 6.45) is 11.1. The second kappa shape index (κ2) is 10.8. The van der Waals surface area contributed by atoms with Crippen LogP contribution in [0.2, 0.25) is 0 Å². The van der Waals surface area contributed by atoms with Crippen LogP contribution in [0.15, 0.2) is 11.2 Å². The van der Waals surface area contributed by atoms with Crippen molar-refractivity contribution in [3.63, 3.8) is 0 Å². The molecule has 0 aromatic carbocycles. The van der Waals surface area contributed by atoms with E-state index >= 15 is 0 Å². The minimum atomic E-state index is 0.